The van der Waals surface area contributed by atoms with Crippen LogP contribution in [-0.4, -0.2) is 25.2 Å². The second-order valence-electron chi connectivity index (χ2n) is 6.06. The quantitative estimate of drug-likeness (QED) is 0.755. The van der Waals surface area contributed by atoms with Gasteiger partial charge in [0.2, 0.25) is 5.91 Å². The van der Waals surface area contributed by atoms with E-state index < -0.39 is 0 Å². The highest BCUT2D eigenvalue weighted by molar-refractivity contribution is 7.18. The first-order valence-electron chi connectivity index (χ1n) is 8.16. The van der Waals surface area contributed by atoms with Crippen molar-refractivity contribution in [3.63, 3.8) is 0 Å². The van der Waals surface area contributed by atoms with Crippen LogP contribution in [-0.2, 0) is 24.8 Å². The number of hydrogen-bond acceptors (Lipinski definition) is 5. The number of amides is 1. The molecule has 3 rings (SSSR count). The molecule has 25 heavy (non-hydrogen) atoms. The van der Waals surface area contributed by atoms with Crippen LogP contribution >= 0.6 is 11.3 Å². The van der Waals surface area contributed by atoms with Crippen molar-refractivity contribution in [2.45, 2.75) is 39.8 Å². The Hall–Kier alpha value is -2.48. The number of nitrogens with one attached hydrogen (secondary N) is 1. The zero-order valence-corrected chi connectivity index (χ0v) is 15.6. The van der Waals surface area contributed by atoms with Gasteiger partial charge in [0.25, 0.3) is 5.56 Å². The minimum atomic E-state index is -0.232. The highest BCUT2D eigenvalue weighted by atomic mass is 32.1. The Morgan fingerprint density at radius 1 is 1.44 bits per heavy atom. The molecule has 3 aromatic heterocycles. The molecule has 0 aliphatic carbocycles. The second-order valence-corrected chi connectivity index (χ2v) is 7.18. The number of thiophene rings is 1. The monoisotopic (exact) mass is 359 g/mol. The number of fused-ring (bicyclic) bond motifs is 1. The molecule has 0 aliphatic rings. The van der Waals surface area contributed by atoms with E-state index in [0.29, 0.717) is 5.39 Å². The fraction of sp³-hybridized carbons (Fsp3) is 0.412. The van der Waals surface area contributed by atoms with Crippen molar-refractivity contribution in [2.24, 2.45) is 7.05 Å². The molecule has 8 heteroatoms. The molecule has 0 radical (unpaired) electrons. The Labute approximate surface area is 149 Å². The lowest BCUT2D eigenvalue weighted by Crippen LogP contribution is -2.34. The molecule has 0 saturated carbocycles. The molecule has 0 spiro atoms. The van der Waals surface area contributed by atoms with Crippen molar-refractivity contribution < 1.29 is 4.79 Å². The average molecular weight is 359 g/mol. The molecule has 1 N–H and O–H groups in total. The molecule has 0 saturated heterocycles. The first-order valence-corrected chi connectivity index (χ1v) is 8.98. The largest absolute Gasteiger partial charge is 0.348 e. The van der Waals surface area contributed by atoms with Crippen LogP contribution < -0.4 is 10.9 Å². The maximum Gasteiger partial charge on any atom is 0.262 e. The third-order valence-corrected chi connectivity index (χ3v) is 5.54. The molecule has 0 fully saturated rings. The summed E-state index contributed by atoms with van der Waals surface area (Å²) in [5.41, 5.74) is 1.78. The molecule has 1 atom stereocenters. The van der Waals surface area contributed by atoms with Crippen LogP contribution in [0.5, 0.6) is 0 Å². The van der Waals surface area contributed by atoms with E-state index in [-0.39, 0.29) is 24.1 Å². The fourth-order valence-electron chi connectivity index (χ4n) is 2.76. The van der Waals surface area contributed by atoms with E-state index >= 15 is 0 Å². The minimum Gasteiger partial charge on any atom is -0.348 e. The van der Waals surface area contributed by atoms with Crippen LogP contribution in [0.3, 0.4) is 0 Å². The van der Waals surface area contributed by atoms with Crippen LogP contribution in [0.1, 0.15) is 36.0 Å². The normalized spacial score (nSPS) is 12.5. The molecule has 0 bridgehead atoms. The van der Waals surface area contributed by atoms with Gasteiger partial charge in [-0.1, -0.05) is 6.92 Å². The standard InChI is InChI=1S/C17H21N5O2S/c1-5-12-6-13-16(25-12)18-9-22(17(13)24)8-15(23)20-10(2)14-7-19-21(4)11(14)3/h6-7,9-10H,5,8H2,1-4H3,(H,20,23)/t10-/m1/s1. The van der Waals surface area contributed by atoms with Crippen molar-refractivity contribution in [3.8, 4) is 0 Å². The fourth-order valence-corrected chi connectivity index (χ4v) is 3.68. The summed E-state index contributed by atoms with van der Waals surface area (Å²) in [5, 5.41) is 7.68. The van der Waals surface area contributed by atoms with Crippen molar-refractivity contribution in [3.05, 3.63) is 45.1 Å². The number of carbonyl (C=O) groups excluding carboxylic acids is 1. The number of carbonyl (C=O) groups is 1. The van der Waals surface area contributed by atoms with Gasteiger partial charge in [0.05, 0.1) is 24.0 Å². The van der Waals surface area contributed by atoms with Gasteiger partial charge in [-0.05, 0) is 26.3 Å². The van der Waals surface area contributed by atoms with E-state index in [9.17, 15) is 9.59 Å². The molecular weight excluding hydrogens is 338 g/mol. The average Bonchev–Trinajstić information content (AvgIpc) is 3.14. The Morgan fingerprint density at radius 3 is 2.84 bits per heavy atom. The summed E-state index contributed by atoms with van der Waals surface area (Å²) < 4.78 is 3.12. The third kappa shape index (κ3) is 3.34. The van der Waals surface area contributed by atoms with E-state index in [1.54, 1.807) is 10.9 Å². The van der Waals surface area contributed by atoms with Crippen molar-refractivity contribution in [2.75, 3.05) is 0 Å². The van der Waals surface area contributed by atoms with Crippen LogP contribution in [0, 0.1) is 6.92 Å². The lowest BCUT2D eigenvalue weighted by Gasteiger charge is -2.14. The van der Waals surface area contributed by atoms with Gasteiger partial charge in [0.1, 0.15) is 11.4 Å². The summed E-state index contributed by atoms with van der Waals surface area (Å²) in [6.45, 7) is 5.84. The molecule has 0 unspecified atom stereocenters. The predicted octanol–water partition coefficient (Wildman–Crippen LogP) is 1.94. The summed E-state index contributed by atoms with van der Waals surface area (Å²) in [5.74, 6) is -0.232. The van der Waals surface area contributed by atoms with Gasteiger partial charge in [0.15, 0.2) is 0 Å². The molecule has 132 valence electrons. The van der Waals surface area contributed by atoms with Crippen LogP contribution in [0.4, 0.5) is 0 Å². The zero-order chi connectivity index (χ0) is 18.1. The number of nitrogens with zero attached hydrogens (tertiary/aromatic N) is 4. The van der Waals surface area contributed by atoms with E-state index in [1.165, 1.54) is 22.2 Å². The maximum atomic E-state index is 12.5. The molecule has 3 aromatic rings. The first kappa shape index (κ1) is 17.3. The Balaban J connectivity index is 1.76. The van der Waals surface area contributed by atoms with E-state index in [1.807, 2.05) is 33.9 Å². The summed E-state index contributed by atoms with van der Waals surface area (Å²) in [6.07, 6.45) is 4.06. The zero-order valence-electron chi connectivity index (χ0n) is 14.7. The molecule has 0 aromatic carbocycles. The van der Waals surface area contributed by atoms with Gasteiger partial charge >= 0.3 is 0 Å². The highest BCUT2D eigenvalue weighted by Gasteiger charge is 2.16. The van der Waals surface area contributed by atoms with Gasteiger partial charge in [-0.2, -0.15) is 5.10 Å². The van der Waals surface area contributed by atoms with E-state index in [0.717, 1.165) is 27.4 Å². The van der Waals surface area contributed by atoms with Gasteiger partial charge in [-0.25, -0.2) is 4.98 Å². The second kappa shape index (κ2) is 6.79. The summed E-state index contributed by atoms with van der Waals surface area (Å²) in [6, 6.07) is 1.69. The molecule has 0 aliphatic heterocycles. The Bertz CT molecular complexity index is 985. The predicted molar refractivity (Wildman–Crippen MR) is 97.8 cm³/mol. The van der Waals surface area contributed by atoms with Crippen molar-refractivity contribution in [1.29, 1.82) is 0 Å². The molecule has 3 heterocycles. The molecular formula is C17H21N5O2S. The van der Waals surface area contributed by atoms with Crippen molar-refractivity contribution in [1.82, 2.24) is 24.6 Å². The number of aryl methyl sites for hydroxylation is 2. The van der Waals surface area contributed by atoms with Gasteiger partial charge in [-0.15, -0.1) is 11.3 Å². The number of aromatic nitrogens is 4. The van der Waals surface area contributed by atoms with Gasteiger partial charge < -0.3 is 5.32 Å². The lowest BCUT2D eigenvalue weighted by molar-refractivity contribution is -0.122. The Kier molecular flexibility index (Phi) is 4.71. The van der Waals surface area contributed by atoms with E-state index in [2.05, 4.69) is 15.4 Å². The minimum absolute atomic E-state index is 0.0528. The Morgan fingerprint density at radius 2 is 2.20 bits per heavy atom. The highest BCUT2D eigenvalue weighted by Crippen LogP contribution is 2.21. The molecule has 1 amide bonds. The van der Waals surface area contributed by atoms with Crippen LogP contribution in [0.15, 0.2) is 23.4 Å². The summed E-state index contributed by atoms with van der Waals surface area (Å²) in [4.78, 5) is 31.0. The van der Waals surface area contributed by atoms with Gasteiger partial charge in [0, 0.05) is 23.2 Å². The number of hydrogen-bond donors (Lipinski definition) is 1. The van der Waals surface area contributed by atoms with Crippen LogP contribution in [0.25, 0.3) is 10.2 Å². The first-order chi connectivity index (χ1) is 11.9. The number of rotatable bonds is 5. The van der Waals surface area contributed by atoms with Crippen molar-refractivity contribution >= 4 is 27.5 Å². The smallest absolute Gasteiger partial charge is 0.262 e. The van der Waals surface area contributed by atoms with E-state index in [4.69, 9.17) is 0 Å². The van der Waals surface area contributed by atoms with Crippen LogP contribution in [0.2, 0.25) is 0 Å². The SMILES string of the molecule is CCc1cc2c(=O)n(CC(=O)N[C@H](C)c3cnn(C)c3C)cnc2s1. The lowest BCUT2D eigenvalue weighted by atomic mass is 10.1. The summed E-state index contributed by atoms with van der Waals surface area (Å²) in [7, 11) is 1.86. The third-order valence-electron chi connectivity index (χ3n) is 4.35. The molecule has 7 nitrogen and oxygen atoms in total. The maximum absolute atomic E-state index is 12.5. The summed E-state index contributed by atoms with van der Waals surface area (Å²) >= 11 is 1.52. The van der Waals surface area contributed by atoms with Gasteiger partial charge in [-0.3, -0.25) is 18.8 Å². The topological polar surface area (TPSA) is 81.8 Å².